The van der Waals surface area contributed by atoms with Crippen LogP contribution in [-0.4, -0.2) is 40.3 Å². The molecule has 1 N–H and O–H groups in total. The summed E-state index contributed by atoms with van der Waals surface area (Å²) in [6, 6.07) is 15.9. The average Bonchev–Trinajstić information content (AvgIpc) is 3.02. The Morgan fingerprint density at radius 1 is 1.19 bits per heavy atom. The molecule has 4 rings (SSSR count). The lowest BCUT2D eigenvalue weighted by molar-refractivity contribution is -0.131. The Hall–Kier alpha value is -2.69. The number of benzene rings is 1. The lowest BCUT2D eigenvalue weighted by Gasteiger charge is -2.39. The van der Waals surface area contributed by atoms with Crippen LogP contribution in [0.4, 0.5) is 0 Å². The highest BCUT2D eigenvalue weighted by atomic mass is 16.2. The zero-order chi connectivity index (χ0) is 18.0. The van der Waals surface area contributed by atoms with E-state index in [-0.39, 0.29) is 23.3 Å². The second kappa shape index (κ2) is 6.90. The SMILES string of the molecule is O=C1CCC[C@]2(CN(C(=O)Cc3ccccn3)C[C@H]2c2ccccc2)N1. The first-order valence-electron chi connectivity index (χ1n) is 9.20. The van der Waals surface area contributed by atoms with Crippen LogP contribution in [0.2, 0.25) is 0 Å². The fourth-order valence-corrected chi connectivity index (χ4v) is 4.33. The molecule has 0 aliphatic carbocycles. The van der Waals surface area contributed by atoms with E-state index >= 15 is 0 Å². The summed E-state index contributed by atoms with van der Waals surface area (Å²) >= 11 is 0. The van der Waals surface area contributed by atoms with Crippen LogP contribution in [0, 0.1) is 0 Å². The van der Waals surface area contributed by atoms with Gasteiger partial charge in [-0.3, -0.25) is 14.6 Å². The van der Waals surface area contributed by atoms with Crippen molar-refractivity contribution in [2.24, 2.45) is 0 Å². The van der Waals surface area contributed by atoms with Crippen molar-refractivity contribution in [3.63, 3.8) is 0 Å². The molecule has 2 aliphatic heterocycles. The van der Waals surface area contributed by atoms with Crippen molar-refractivity contribution in [2.75, 3.05) is 13.1 Å². The number of piperidine rings is 1. The summed E-state index contributed by atoms with van der Waals surface area (Å²) in [6.45, 7) is 1.21. The normalized spacial score (nSPS) is 25.3. The lowest BCUT2D eigenvalue weighted by atomic mass is 9.76. The number of amides is 2. The van der Waals surface area contributed by atoms with Gasteiger partial charge in [0.25, 0.3) is 0 Å². The molecule has 2 aromatic rings. The van der Waals surface area contributed by atoms with Gasteiger partial charge in [-0.1, -0.05) is 36.4 Å². The quantitative estimate of drug-likeness (QED) is 0.925. The third kappa shape index (κ3) is 3.21. The fourth-order valence-electron chi connectivity index (χ4n) is 4.33. The molecule has 26 heavy (non-hydrogen) atoms. The molecular weight excluding hydrogens is 326 g/mol. The molecular formula is C21H23N3O2. The van der Waals surface area contributed by atoms with Crippen LogP contribution < -0.4 is 5.32 Å². The van der Waals surface area contributed by atoms with Gasteiger partial charge in [0, 0.05) is 37.3 Å². The summed E-state index contributed by atoms with van der Waals surface area (Å²) in [4.78, 5) is 31.2. The summed E-state index contributed by atoms with van der Waals surface area (Å²) < 4.78 is 0. The van der Waals surface area contributed by atoms with Crippen molar-refractivity contribution >= 4 is 11.8 Å². The van der Waals surface area contributed by atoms with E-state index in [0.717, 1.165) is 18.5 Å². The van der Waals surface area contributed by atoms with Gasteiger partial charge >= 0.3 is 0 Å². The van der Waals surface area contributed by atoms with E-state index in [1.807, 2.05) is 41.3 Å². The van der Waals surface area contributed by atoms with E-state index in [2.05, 4.69) is 22.4 Å². The Bertz CT molecular complexity index is 793. The molecule has 2 amide bonds. The van der Waals surface area contributed by atoms with Gasteiger partial charge in [0.05, 0.1) is 12.0 Å². The van der Waals surface area contributed by atoms with Crippen LogP contribution in [0.5, 0.6) is 0 Å². The molecule has 1 aromatic carbocycles. The van der Waals surface area contributed by atoms with Crippen LogP contribution in [0.3, 0.4) is 0 Å². The molecule has 0 unspecified atom stereocenters. The van der Waals surface area contributed by atoms with Gasteiger partial charge in [-0.25, -0.2) is 0 Å². The van der Waals surface area contributed by atoms with Gasteiger partial charge < -0.3 is 10.2 Å². The molecule has 5 nitrogen and oxygen atoms in total. The molecule has 1 aromatic heterocycles. The van der Waals surface area contributed by atoms with Crippen molar-refractivity contribution in [2.45, 2.75) is 37.1 Å². The predicted molar refractivity (Wildman–Crippen MR) is 98.4 cm³/mol. The minimum atomic E-state index is -0.351. The second-order valence-corrected chi connectivity index (χ2v) is 7.29. The first-order valence-corrected chi connectivity index (χ1v) is 9.20. The molecule has 2 aliphatic rings. The van der Waals surface area contributed by atoms with Crippen LogP contribution in [0.1, 0.15) is 36.4 Å². The van der Waals surface area contributed by atoms with Crippen molar-refractivity contribution in [3.05, 3.63) is 66.0 Å². The van der Waals surface area contributed by atoms with E-state index in [4.69, 9.17) is 0 Å². The minimum absolute atomic E-state index is 0.0707. The maximum atomic E-state index is 12.9. The lowest BCUT2D eigenvalue weighted by Crippen LogP contribution is -2.56. The highest BCUT2D eigenvalue weighted by Gasteiger charge is 2.50. The molecule has 2 saturated heterocycles. The largest absolute Gasteiger partial charge is 0.348 e. The number of rotatable bonds is 3. The number of nitrogens with one attached hydrogen (secondary N) is 1. The van der Waals surface area contributed by atoms with E-state index in [1.165, 1.54) is 5.56 Å². The maximum absolute atomic E-state index is 12.9. The number of hydrogen-bond acceptors (Lipinski definition) is 3. The molecule has 2 fully saturated rings. The summed E-state index contributed by atoms with van der Waals surface area (Å²) in [5.74, 6) is 0.290. The minimum Gasteiger partial charge on any atom is -0.348 e. The van der Waals surface area contributed by atoms with Crippen LogP contribution in [0.25, 0.3) is 0 Å². The van der Waals surface area contributed by atoms with E-state index in [0.29, 0.717) is 25.9 Å². The number of hydrogen-bond donors (Lipinski definition) is 1. The van der Waals surface area contributed by atoms with E-state index in [9.17, 15) is 9.59 Å². The average molecular weight is 349 g/mol. The fraction of sp³-hybridized carbons (Fsp3) is 0.381. The Kier molecular flexibility index (Phi) is 4.45. The van der Waals surface area contributed by atoms with Crippen LogP contribution >= 0.6 is 0 Å². The van der Waals surface area contributed by atoms with Crippen LogP contribution in [-0.2, 0) is 16.0 Å². The molecule has 3 heterocycles. The number of pyridine rings is 1. The molecule has 0 bridgehead atoms. The highest BCUT2D eigenvalue weighted by Crippen LogP contribution is 2.41. The number of carbonyl (C=O) groups is 2. The Morgan fingerprint density at radius 2 is 2.00 bits per heavy atom. The van der Waals surface area contributed by atoms with Crippen LogP contribution in [0.15, 0.2) is 54.7 Å². The summed E-state index contributed by atoms with van der Waals surface area (Å²) in [5.41, 5.74) is 1.61. The number of likely N-dealkylation sites (tertiary alicyclic amines) is 1. The standard InChI is InChI=1S/C21H23N3O2/c25-19-10-6-11-21(23-19)15-24(14-18(21)16-7-2-1-3-8-16)20(26)13-17-9-4-5-12-22-17/h1-5,7-9,12,18H,6,10-11,13-15H2,(H,23,25)/t18-,21+/m0/s1. The molecule has 0 radical (unpaired) electrons. The van der Waals surface area contributed by atoms with Gasteiger partial charge in [-0.05, 0) is 30.5 Å². The molecule has 2 atom stereocenters. The molecule has 0 saturated carbocycles. The van der Waals surface area contributed by atoms with Gasteiger partial charge in [0.1, 0.15) is 0 Å². The van der Waals surface area contributed by atoms with Gasteiger partial charge in [-0.2, -0.15) is 0 Å². The smallest absolute Gasteiger partial charge is 0.228 e. The Morgan fingerprint density at radius 3 is 2.73 bits per heavy atom. The number of nitrogens with zero attached hydrogens (tertiary/aromatic N) is 2. The summed E-state index contributed by atoms with van der Waals surface area (Å²) in [6.07, 6.45) is 4.36. The monoisotopic (exact) mass is 349 g/mol. The van der Waals surface area contributed by atoms with E-state index < -0.39 is 0 Å². The van der Waals surface area contributed by atoms with Crippen molar-refractivity contribution in [1.82, 2.24) is 15.2 Å². The highest BCUT2D eigenvalue weighted by molar-refractivity contribution is 5.81. The topological polar surface area (TPSA) is 62.3 Å². The molecule has 1 spiro atoms. The number of aromatic nitrogens is 1. The Labute approximate surface area is 153 Å². The third-order valence-electron chi connectivity index (χ3n) is 5.57. The summed E-state index contributed by atoms with van der Waals surface area (Å²) in [7, 11) is 0. The van der Waals surface area contributed by atoms with Gasteiger partial charge in [0.15, 0.2) is 0 Å². The first kappa shape index (κ1) is 16.8. The predicted octanol–water partition coefficient (Wildman–Crippen LogP) is 2.29. The zero-order valence-electron chi connectivity index (χ0n) is 14.7. The first-order chi connectivity index (χ1) is 12.7. The molecule has 134 valence electrons. The molecule has 5 heteroatoms. The maximum Gasteiger partial charge on any atom is 0.228 e. The van der Waals surface area contributed by atoms with Crippen molar-refractivity contribution in [1.29, 1.82) is 0 Å². The number of carbonyl (C=O) groups excluding carboxylic acids is 2. The Balaban J connectivity index is 1.59. The third-order valence-corrected chi connectivity index (χ3v) is 5.57. The second-order valence-electron chi connectivity index (χ2n) is 7.29. The van der Waals surface area contributed by atoms with Gasteiger partial charge in [0.2, 0.25) is 11.8 Å². The van der Waals surface area contributed by atoms with Crippen molar-refractivity contribution in [3.8, 4) is 0 Å². The van der Waals surface area contributed by atoms with Gasteiger partial charge in [-0.15, -0.1) is 0 Å². The summed E-state index contributed by atoms with van der Waals surface area (Å²) in [5, 5.41) is 3.24. The van der Waals surface area contributed by atoms with Crippen molar-refractivity contribution < 1.29 is 9.59 Å². The van der Waals surface area contributed by atoms with E-state index in [1.54, 1.807) is 6.20 Å². The zero-order valence-corrected chi connectivity index (χ0v) is 14.7.